The number of carbonyl (C=O) groups is 1. The molecule has 0 bridgehead atoms. The van der Waals surface area contributed by atoms with E-state index >= 15 is 0 Å². The average molecular weight is 341 g/mol. The summed E-state index contributed by atoms with van der Waals surface area (Å²) < 4.78 is 5.36. The van der Waals surface area contributed by atoms with Crippen LogP contribution in [0.3, 0.4) is 0 Å². The van der Waals surface area contributed by atoms with Crippen molar-refractivity contribution in [2.24, 2.45) is 0 Å². The van der Waals surface area contributed by atoms with Gasteiger partial charge in [-0.25, -0.2) is 4.79 Å². The van der Waals surface area contributed by atoms with Crippen molar-refractivity contribution in [1.29, 1.82) is 0 Å². The van der Waals surface area contributed by atoms with Crippen LogP contribution < -0.4 is 5.32 Å². The number of aliphatic hydroxyl groups excluding tert-OH is 1. The van der Waals surface area contributed by atoms with Gasteiger partial charge < -0.3 is 15.2 Å². The summed E-state index contributed by atoms with van der Waals surface area (Å²) in [5.41, 5.74) is 2.33. The highest BCUT2D eigenvalue weighted by molar-refractivity contribution is 5.68. The molecule has 1 amide bonds. The van der Waals surface area contributed by atoms with Crippen molar-refractivity contribution < 1.29 is 14.6 Å². The quantitative estimate of drug-likeness (QED) is 0.830. The van der Waals surface area contributed by atoms with E-state index in [2.05, 4.69) is 5.32 Å². The number of rotatable bonds is 5. The zero-order chi connectivity index (χ0) is 18.4. The van der Waals surface area contributed by atoms with E-state index < -0.39 is 17.8 Å². The third-order valence-corrected chi connectivity index (χ3v) is 3.81. The van der Waals surface area contributed by atoms with Crippen LogP contribution in [0.5, 0.6) is 0 Å². The molecule has 0 aliphatic rings. The van der Waals surface area contributed by atoms with Gasteiger partial charge in [-0.1, -0.05) is 60.2 Å². The van der Waals surface area contributed by atoms with E-state index in [1.54, 1.807) is 0 Å². The van der Waals surface area contributed by atoms with Crippen LogP contribution in [0.2, 0.25) is 0 Å². The largest absolute Gasteiger partial charge is 0.444 e. The van der Waals surface area contributed by atoms with Crippen molar-refractivity contribution in [3.05, 3.63) is 71.3 Å². The molecule has 0 radical (unpaired) electrons. The molecule has 0 spiro atoms. The number of alkyl carbamates (subject to hydrolysis) is 1. The van der Waals surface area contributed by atoms with Crippen molar-refractivity contribution >= 4 is 6.09 Å². The maximum atomic E-state index is 12.2. The summed E-state index contributed by atoms with van der Waals surface area (Å²) in [6.07, 6.45) is -0.801. The molecule has 0 heterocycles. The zero-order valence-corrected chi connectivity index (χ0v) is 15.3. The van der Waals surface area contributed by atoms with E-state index in [9.17, 15) is 9.90 Å². The number of hydrogen-bond acceptors (Lipinski definition) is 3. The number of carbonyl (C=O) groups excluding carboxylic acids is 1. The molecule has 0 saturated heterocycles. The summed E-state index contributed by atoms with van der Waals surface area (Å²) >= 11 is 0. The molecular weight excluding hydrogens is 314 g/mol. The summed E-state index contributed by atoms with van der Waals surface area (Å²) in [7, 11) is 0. The summed E-state index contributed by atoms with van der Waals surface area (Å²) in [6, 6.07) is 17.0. The highest BCUT2D eigenvalue weighted by atomic mass is 16.6. The second-order valence-electron chi connectivity index (χ2n) is 7.27. The Kier molecular flexibility index (Phi) is 6.21. The highest BCUT2D eigenvalue weighted by Crippen LogP contribution is 2.27. The zero-order valence-electron chi connectivity index (χ0n) is 15.3. The smallest absolute Gasteiger partial charge is 0.408 e. The molecule has 2 aromatic carbocycles. The standard InChI is InChI=1S/C21H27NO3/c1-15-10-12-17(13-11-15)19(23)14-18(16-8-6-5-7-9-16)22-20(24)25-21(2,3)4/h5-13,18-19,23H,14H2,1-4H3,(H,22,24)/t18-,19+/m1/s1. The minimum absolute atomic E-state index is 0.340. The van der Waals surface area contributed by atoms with Crippen LogP contribution in [0, 0.1) is 6.92 Å². The Labute approximate surface area is 149 Å². The van der Waals surface area contributed by atoms with Gasteiger partial charge in [-0.15, -0.1) is 0 Å². The molecule has 2 rings (SSSR count). The topological polar surface area (TPSA) is 58.6 Å². The van der Waals surface area contributed by atoms with Crippen LogP contribution >= 0.6 is 0 Å². The van der Waals surface area contributed by atoms with Crippen LogP contribution in [0.25, 0.3) is 0 Å². The van der Waals surface area contributed by atoms with Gasteiger partial charge in [0.25, 0.3) is 0 Å². The van der Waals surface area contributed by atoms with Crippen LogP contribution in [0.1, 0.15) is 56.0 Å². The molecule has 2 atom stereocenters. The first-order valence-electron chi connectivity index (χ1n) is 8.54. The predicted molar refractivity (Wildman–Crippen MR) is 99.3 cm³/mol. The molecule has 25 heavy (non-hydrogen) atoms. The summed E-state index contributed by atoms with van der Waals surface area (Å²) in [6.45, 7) is 7.48. The second kappa shape index (κ2) is 8.17. The molecule has 4 heteroatoms. The minimum atomic E-state index is -0.680. The third-order valence-electron chi connectivity index (χ3n) is 3.81. The Bertz CT molecular complexity index is 675. The number of ether oxygens (including phenoxy) is 1. The fourth-order valence-corrected chi connectivity index (χ4v) is 2.56. The van der Waals surface area contributed by atoms with E-state index in [1.165, 1.54) is 0 Å². The molecule has 0 unspecified atom stereocenters. The van der Waals surface area contributed by atoms with Crippen molar-refractivity contribution in [3.8, 4) is 0 Å². The monoisotopic (exact) mass is 341 g/mol. The SMILES string of the molecule is Cc1ccc([C@@H](O)C[C@@H](NC(=O)OC(C)(C)C)c2ccccc2)cc1. The Morgan fingerprint density at radius 2 is 1.64 bits per heavy atom. The van der Waals surface area contributed by atoms with E-state index in [0.717, 1.165) is 16.7 Å². The lowest BCUT2D eigenvalue weighted by molar-refractivity contribution is 0.0482. The lowest BCUT2D eigenvalue weighted by atomic mass is 9.96. The van der Waals surface area contributed by atoms with E-state index in [-0.39, 0.29) is 6.04 Å². The molecule has 0 aliphatic heterocycles. The number of nitrogens with one attached hydrogen (secondary N) is 1. The predicted octanol–water partition coefficient (Wildman–Crippen LogP) is 4.68. The molecule has 0 aliphatic carbocycles. The Balaban J connectivity index is 2.14. The first-order valence-corrected chi connectivity index (χ1v) is 8.54. The number of aliphatic hydroxyl groups is 1. The number of aryl methyl sites for hydroxylation is 1. The van der Waals surface area contributed by atoms with E-state index in [0.29, 0.717) is 6.42 Å². The maximum absolute atomic E-state index is 12.2. The van der Waals surface area contributed by atoms with Gasteiger partial charge in [0.2, 0.25) is 0 Å². The third kappa shape index (κ3) is 6.24. The van der Waals surface area contributed by atoms with Crippen molar-refractivity contribution in [1.82, 2.24) is 5.32 Å². The second-order valence-corrected chi connectivity index (χ2v) is 7.27. The van der Waals surface area contributed by atoms with Crippen LogP contribution in [0.15, 0.2) is 54.6 Å². The van der Waals surface area contributed by atoms with Crippen molar-refractivity contribution in [2.75, 3.05) is 0 Å². The van der Waals surface area contributed by atoms with Crippen molar-refractivity contribution in [3.63, 3.8) is 0 Å². The average Bonchev–Trinajstić information content (AvgIpc) is 2.54. The van der Waals surface area contributed by atoms with Gasteiger partial charge >= 0.3 is 6.09 Å². The van der Waals surface area contributed by atoms with Gasteiger partial charge in [-0.3, -0.25) is 0 Å². The molecule has 2 aromatic rings. The number of amides is 1. The van der Waals surface area contributed by atoms with Gasteiger partial charge in [0.15, 0.2) is 0 Å². The molecule has 4 nitrogen and oxygen atoms in total. The molecule has 0 fully saturated rings. The Morgan fingerprint density at radius 3 is 2.20 bits per heavy atom. The lowest BCUT2D eigenvalue weighted by Gasteiger charge is -2.25. The molecule has 0 aromatic heterocycles. The van der Waals surface area contributed by atoms with E-state index in [1.807, 2.05) is 82.3 Å². The van der Waals surface area contributed by atoms with Crippen LogP contribution in [-0.4, -0.2) is 16.8 Å². The molecule has 2 N–H and O–H groups in total. The van der Waals surface area contributed by atoms with Gasteiger partial charge in [0.05, 0.1) is 12.1 Å². The molecule has 0 saturated carbocycles. The number of benzene rings is 2. The number of hydrogen-bond donors (Lipinski definition) is 2. The summed E-state index contributed by atoms with van der Waals surface area (Å²) in [4.78, 5) is 12.2. The fraction of sp³-hybridized carbons (Fsp3) is 0.381. The lowest BCUT2D eigenvalue weighted by Crippen LogP contribution is -2.35. The molecule has 134 valence electrons. The summed E-state index contributed by atoms with van der Waals surface area (Å²) in [5.74, 6) is 0. The fourth-order valence-electron chi connectivity index (χ4n) is 2.56. The van der Waals surface area contributed by atoms with Crippen LogP contribution in [0.4, 0.5) is 4.79 Å². The van der Waals surface area contributed by atoms with Gasteiger partial charge in [-0.2, -0.15) is 0 Å². The normalized spacial score (nSPS) is 13.8. The maximum Gasteiger partial charge on any atom is 0.408 e. The first-order chi connectivity index (χ1) is 11.7. The van der Waals surface area contributed by atoms with Crippen molar-refractivity contribution in [2.45, 2.75) is 51.9 Å². The Hall–Kier alpha value is -2.33. The van der Waals surface area contributed by atoms with Gasteiger partial charge in [0, 0.05) is 6.42 Å². The highest BCUT2D eigenvalue weighted by Gasteiger charge is 2.23. The van der Waals surface area contributed by atoms with Crippen LogP contribution in [-0.2, 0) is 4.74 Å². The van der Waals surface area contributed by atoms with Gasteiger partial charge in [-0.05, 0) is 38.8 Å². The van der Waals surface area contributed by atoms with E-state index in [4.69, 9.17) is 4.74 Å². The molecular formula is C21H27NO3. The minimum Gasteiger partial charge on any atom is -0.444 e. The first kappa shape index (κ1) is 19.0. The van der Waals surface area contributed by atoms with Gasteiger partial charge in [0.1, 0.15) is 5.60 Å². The summed E-state index contributed by atoms with van der Waals surface area (Å²) in [5, 5.41) is 13.5. The Morgan fingerprint density at radius 1 is 1.04 bits per heavy atom.